The van der Waals surface area contributed by atoms with Gasteiger partial charge in [-0.15, -0.1) is 5.10 Å². The first-order valence-corrected chi connectivity index (χ1v) is 13.7. The molecule has 0 unspecified atom stereocenters. The average molecular weight is 472 g/mol. The zero-order chi connectivity index (χ0) is 22.4. The van der Waals surface area contributed by atoms with Crippen molar-refractivity contribution >= 4 is 27.5 Å². The van der Waals surface area contributed by atoms with Crippen LogP contribution in [0.15, 0.2) is 29.4 Å². The quantitative estimate of drug-likeness (QED) is 0.176. The van der Waals surface area contributed by atoms with E-state index in [1.54, 1.807) is 6.07 Å². The van der Waals surface area contributed by atoms with E-state index in [0.717, 1.165) is 12.8 Å². The van der Waals surface area contributed by atoms with E-state index in [9.17, 15) is 8.42 Å². The molecule has 0 atom stereocenters. The van der Waals surface area contributed by atoms with Crippen LogP contribution in [0.1, 0.15) is 76.7 Å². The maximum atomic E-state index is 12.5. The lowest BCUT2D eigenvalue weighted by Crippen LogP contribution is -2.42. The van der Waals surface area contributed by atoms with E-state index in [1.165, 1.54) is 44.9 Å². The molecule has 0 aromatic heterocycles. The summed E-state index contributed by atoms with van der Waals surface area (Å²) in [6.07, 6.45) is 11.7. The highest BCUT2D eigenvalue weighted by molar-refractivity contribution is 7.89. The summed E-state index contributed by atoms with van der Waals surface area (Å²) >= 11 is 6.35. The Labute approximate surface area is 193 Å². The second-order valence-electron chi connectivity index (χ2n) is 8.11. The van der Waals surface area contributed by atoms with Gasteiger partial charge in [0.2, 0.25) is 10.0 Å². The van der Waals surface area contributed by atoms with Gasteiger partial charge in [0.15, 0.2) is 5.84 Å². The molecule has 1 aromatic carbocycles. The van der Waals surface area contributed by atoms with E-state index >= 15 is 0 Å². The van der Waals surface area contributed by atoms with Crippen molar-refractivity contribution in [1.29, 1.82) is 0 Å². The number of hydrogen-bond donors (Lipinski definition) is 1. The van der Waals surface area contributed by atoms with Crippen LogP contribution in [0.3, 0.4) is 0 Å². The Morgan fingerprint density at radius 2 is 1.58 bits per heavy atom. The van der Waals surface area contributed by atoms with E-state index in [4.69, 9.17) is 16.3 Å². The molecule has 2 rings (SSSR count). The molecule has 8 heteroatoms. The van der Waals surface area contributed by atoms with Crippen LogP contribution in [0, 0.1) is 0 Å². The third kappa shape index (κ3) is 10.2. The fourth-order valence-electron chi connectivity index (χ4n) is 3.66. The number of hydrazone groups is 1. The number of sulfonamides is 1. The molecule has 31 heavy (non-hydrogen) atoms. The number of benzene rings is 1. The predicted molar refractivity (Wildman–Crippen MR) is 129 cm³/mol. The summed E-state index contributed by atoms with van der Waals surface area (Å²) in [4.78, 5) is 4.44. The largest absolute Gasteiger partial charge is 0.378 e. The van der Waals surface area contributed by atoms with Crippen LogP contribution in [-0.2, 0) is 14.8 Å². The Morgan fingerprint density at radius 1 is 1.00 bits per heavy atom. The molecule has 1 aromatic rings. The molecule has 0 spiro atoms. The zero-order valence-electron chi connectivity index (χ0n) is 18.8. The van der Waals surface area contributed by atoms with Crippen LogP contribution >= 0.6 is 11.6 Å². The van der Waals surface area contributed by atoms with Crippen LogP contribution in [0.2, 0.25) is 5.02 Å². The lowest BCUT2D eigenvalue weighted by Gasteiger charge is -2.30. The van der Waals surface area contributed by atoms with Crippen molar-refractivity contribution in [3.05, 3.63) is 34.9 Å². The lowest BCUT2D eigenvalue weighted by molar-refractivity contribution is 0.0681. The molecular weight excluding hydrogens is 434 g/mol. The second-order valence-corrected chi connectivity index (χ2v) is 10.3. The molecule has 0 bridgehead atoms. The maximum absolute atomic E-state index is 12.5. The fourth-order valence-corrected chi connectivity index (χ4v) is 4.78. The molecular formula is C23H38ClN3O3S. The van der Waals surface area contributed by atoms with Gasteiger partial charge in [0, 0.05) is 18.7 Å². The number of nitrogens with one attached hydrogen (secondary N) is 1. The van der Waals surface area contributed by atoms with Gasteiger partial charge in [0.05, 0.1) is 24.0 Å². The van der Waals surface area contributed by atoms with Crippen molar-refractivity contribution < 1.29 is 13.2 Å². The highest BCUT2D eigenvalue weighted by atomic mass is 35.5. The number of morpholine rings is 1. The standard InChI is InChI=1S/C23H38ClN3O3S/c1-2-3-4-5-6-7-8-9-10-13-20-31(28,29)26-25-23(27-16-18-30-19-17-27)21-14-11-12-15-22(21)24/h11-12,14-15,26H,2-10,13,16-20H2,1H3. The minimum atomic E-state index is -3.48. The van der Waals surface area contributed by atoms with Gasteiger partial charge in [0.1, 0.15) is 0 Å². The zero-order valence-corrected chi connectivity index (χ0v) is 20.4. The molecule has 0 saturated carbocycles. The summed E-state index contributed by atoms with van der Waals surface area (Å²) < 4.78 is 30.4. The number of hydrogen-bond acceptors (Lipinski definition) is 4. The summed E-state index contributed by atoms with van der Waals surface area (Å²) in [5.74, 6) is 0.631. The molecule has 6 nitrogen and oxygen atoms in total. The molecule has 1 aliphatic rings. The normalized spacial score (nSPS) is 15.3. The van der Waals surface area contributed by atoms with E-state index in [0.29, 0.717) is 49.1 Å². The van der Waals surface area contributed by atoms with Crippen molar-refractivity contribution in [3.8, 4) is 0 Å². The summed E-state index contributed by atoms with van der Waals surface area (Å²) in [7, 11) is -3.48. The van der Waals surface area contributed by atoms with Crippen molar-refractivity contribution in [2.24, 2.45) is 5.10 Å². The molecule has 1 N–H and O–H groups in total. The SMILES string of the molecule is CCCCCCCCCCCCS(=O)(=O)NN=C(c1ccccc1Cl)N1CCOCC1. The monoisotopic (exact) mass is 471 g/mol. The van der Waals surface area contributed by atoms with Gasteiger partial charge in [-0.05, 0) is 18.6 Å². The highest BCUT2D eigenvalue weighted by Crippen LogP contribution is 2.19. The first kappa shape index (κ1) is 25.9. The number of rotatable bonds is 14. The summed E-state index contributed by atoms with van der Waals surface area (Å²) in [5.41, 5.74) is 0.715. The van der Waals surface area contributed by atoms with Crippen LogP contribution in [0.4, 0.5) is 0 Å². The Balaban J connectivity index is 1.80. The van der Waals surface area contributed by atoms with Crippen LogP contribution in [0.25, 0.3) is 0 Å². The molecule has 1 heterocycles. The molecule has 176 valence electrons. The predicted octanol–water partition coefficient (Wildman–Crippen LogP) is 5.17. The molecule has 1 fully saturated rings. The van der Waals surface area contributed by atoms with Gasteiger partial charge in [-0.1, -0.05) is 88.4 Å². The first-order chi connectivity index (χ1) is 15.0. The molecule has 1 aliphatic heterocycles. The van der Waals surface area contributed by atoms with Crippen LogP contribution in [0.5, 0.6) is 0 Å². The minimum Gasteiger partial charge on any atom is -0.378 e. The van der Waals surface area contributed by atoms with E-state index in [1.807, 2.05) is 23.1 Å². The smallest absolute Gasteiger partial charge is 0.247 e. The Kier molecular flexibility index (Phi) is 12.3. The number of halogens is 1. The molecule has 0 radical (unpaired) electrons. The van der Waals surface area contributed by atoms with Gasteiger partial charge in [0.25, 0.3) is 0 Å². The van der Waals surface area contributed by atoms with Gasteiger partial charge in [-0.2, -0.15) is 0 Å². The van der Waals surface area contributed by atoms with Crippen molar-refractivity contribution in [2.75, 3.05) is 32.1 Å². The Bertz CT molecular complexity index is 765. The highest BCUT2D eigenvalue weighted by Gasteiger charge is 2.20. The van der Waals surface area contributed by atoms with Crippen LogP contribution in [-0.4, -0.2) is 51.2 Å². The summed E-state index contributed by atoms with van der Waals surface area (Å²) in [6.45, 7) is 4.67. The lowest BCUT2D eigenvalue weighted by atomic mass is 10.1. The Hall–Kier alpha value is -1.31. The first-order valence-electron chi connectivity index (χ1n) is 11.7. The molecule has 0 amide bonds. The molecule has 0 aliphatic carbocycles. The summed E-state index contributed by atoms with van der Waals surface area (Å²) in [5, 5.41) is 4.82. The van der Waals surface area contributed by atoms with Gasteiger partial charge in [-0.3, -0.25) is 0 Å². The van der Waals surface area contributed by atoms with Gasteiger partial charge >= 0.3 is 0 Å². The van der Waals surface area contributed by atoms with E-state index in [2.05, 4.69) is 16.9 Å². The third-order valence-electron chi connectivity index (χ3n) is 5.48. The van der Waals surface area contributed by atoms with Gasteiger partial charge in [-0.25, -0.2) is 13.2 Å². The maximum Gasteiger partial charge on any atom is 0.247 e. The molecule has 1 saturated heterocycles. The van der Waals surface area contributed by atoms with Crippen molar-refractivity contribution in [3.63, 3.8) is 0 Å². The van der Waals surface area contributed by atoms with E-state index in [-0.39, 0.29) is 5.75 Å². The van der Waals surface area contributed by atoms with Gasteiger partial charge < -0.3 is 9.64 Å². The van der Waals surface area contributed by atoms with E-state index < -0.39 is 10.0 Å². The topological polar surface area (TPSA) is 71.0 Å². The number of ether oxygens (including phenoxy) is 1. The minimum absolute atomic E-state index is 0.0892. The number of unbranched alkanes of at least 4 members (excludes halogenated alkanes) is 9. The fraction of sp³-hybridized carbons (Fsp3) is 0.696. The van der Waals surface area contributed by atoms with Crippen LogP contribution < -0.4 is 4.83 Å². The third-order valence-corrected chi connectivity index (χ3v) is 7.01. The Morgan fingerprint density at radius 3 is 2.19 bits per heavy atom. The summed E-state index contributed by atoms with van der Waals surface area (Å²) in [6, 6.07) is 7.35. The second kappa shape index (κ2) is 14.7. The number of nitrogens with zero attached hydrogens (tertiary/aromatic N) is 2. The average Bonchev–Trinajstić information content (AvgIpc) is 2.77. The van der Waals surface area contributed by atoms with Crippen molar-refractivity contribution in [1.82, 2.24) is 9.73 Å². The number of amidine groups is 1. The van der Waals surface area contributed by atoms with Crippen molar-refractivity contribution in [2.45, 2.75) is 71.1 Å².